The maximum atomic E-state index is 10.8. The Labute approximate surface area is 74.7 Å². The van der Waals surface area contributed by atoms with Gasteiger partial charge in [0.2, 0.25) is 0 Å². The largest absolute Gasteiger partial charge is 0.353 e. The molecule has 0 aromatic heterocycles. The molecule has 12 heavy (non-hydrogen) atoms. The van der Waals surface area contributed by atoms with Crippen molar-refractivity contribution in [1.29, 1.82) is 0 Å². The van der Waals surface area contributed by atoms with Crippen molar-refractivity contribution in [2.75, 3.05) is 6.61 Å². The minimum absolute atomic E-state index is 0.362. The highest BCUT2D eigenvalue weighted by Gasteiger charge is 2.08. The van der Waals surface area contributed by atoms with Crippen LogP contribution >= 0.6 is 0 Å². The van der Waals surface area contributed by atoms with Crippen LogP contribution in [0.25, 0.3) is 0 Å². The number of ether oxygens (including phenoxy) is 2. The van der Waals surface area contributed by atoms with Gasteiger partial charge in [0.05, 0.1) is 0 Å². The maximum absolute atomic E-state index is 10.8. The molecular weight excluding hydrogens is 156 g/mol. The molecule has 1 radical (unpaired) electrons. The molecule has 0 aliphatic carbocycles. The first-order chi connectivity index (χ1) is 5.70. The monoisotopic (exact) mass is 175 g/mol. The third-order valence-corrected chi connectivity index (χ3v) is 1.53. The predicted octanol–water partition coefficient (Wildman–Crippen LogP) is 2.33. The van der Waals surface area contributed by atoms with Crippen molar-refractivity contribution in [2.24, 2.45) is 0 Å². The third kappa shape index (κ3) is 6.58. The zero-order valence-corrected chi connectivity index (χ0v) is 8.21. The fourth-order valence-electron chi connectivity index (χ4n) is 0.743. The second kappa shape index (κ2) is 7.53. The Morgan fingerprint density at radius 1 is 1.33 bits per heavy atom. The summed E-state index contributed by atoms with van der Waals surface area (Å²) in [7, 11) is 0. The molecule has 0 fully saturated rings. The molecular formula is C9H19O3. The molecule has 0 saturated carbocycles. The fraction of sp³-hybridized carbons (Fsp3) is 1.00. The second-order valence-corrected chi connectivity index (χ2v) is 2.77. The van der Waals surface area contributed by atoms with E-state index < -0.39 is 6.29 Å². The molecule has 0 rings (SSSR count). The minimum Gasteiger partial charge on any atom is -0.353 e. The Bertz CT molecular complexity index is 95.8. The van der Waals surface area contributed by atoms with Crippen LogP contribution in [0.5, 0.6) is 0 Å². The highest BCUT2D eigenvalue weighted by atomic mass is 16.7. The first-order valence-corrected chi connectivity index (χ1v) is 4.63. The molecule has 0 aromatic rings. The van der Waals surface area contributed by atoms with Gasteiger partial charge in [0, 0.05) is 6.61 Å². The summed E-state index contributed by atoms with van der Waals surface area (Å²) in [6.07, 6.45) is 1.30. The van der Waals surface area contributed by atoms with E-state index in [4.69, 9.17) is 9.47 Å². The van der Waals surface area contributed by atoms with E-state index in [1.807, 2.05) is 0 Å². The summed E-state index contributed by atoms with van der Waals surface area (Å²) in [5, 5.41) is 10.8. The average molecular weight is 175 g/mol. The number of rotatable bonds is 7. The van der Waals surface area contributed by atoms with Gasteiger partial charge in [-0.3, -0.25) is 0 Å². The smallest absolute Gasteiger partial charge is 0.194 e. The van der Waals surface area contributed by atoms with Gasteiger partial charge < -0.3 is 9.47 Å². The molecule has 0 bridgehead atoms. The van der Waals surface area contributed by atoms with Crippen LogP contribution in [-0.4, -0.2) is 19.2 Å². The Hall–Kier alpha value is -0.120. The topological polar surface area (TPSA) is 38.4 Å². The van der Waals surface area contributed by atoms with Crippen molar-refractivity contribution in [2.45, 2.75) is 52.6 Å². The van der Waals surface area contributed by atoms with Gasteiger partial charge in [-0.05, 0) is 19.8 Å². The van der Waals surface area contributed by atoms with Gasteiger partial charge in [0.25, 0.3) is 0 Å². The summed E-state index contributed by atoms with van der Waals surface area (Å²) in [4.78, 5) is 0. The highest BCUT2D eigenvalue weighted by Crippen LogP contribution is 2.02. The van der Waals surface area contributed by atoms with E-state index >= 15 is 0 Å². The van der Waals surface area contributed by atoms with Gasteiger partial charge in [0.15, 0.2) is 12.6 Å². The number of hydrogen-bond acceptors (Lipinski definition) is 2. The molecule has 73 valence electrons. The van der Waals surface area contributed by atoms with Gasteiger partial charge >= 0.3 is 0 Å². The molecule has 3 heteroatoms. The molecule has 0 amide bonds. The lowest BCUT2D eigenvalue weighted by atomic mass is 10.4. The summed E-state index contributed by atoms with van der Waals surface area (Å²) >= 11 is 0. The molecule has 0 aliphatic rings. The van der Waals surface area contributed by atoms with Crippen molar-refractivity contribution in [1.82, 2.24) is 0 Å². The SMILES string of the molecule is CCCCOC(C)OC([O])CC. The molecule has 2 unspecified atom stereocenters. The van der Waals surface area contributed by atoms with E-state index in [2.05, 4.69) is 6.92 Å². The van der Waals surface area contributed by atoms with E-state index in [0.29, 0.717) is 13.0 Å². The van der Waals surface area contributed by atoms with Crippen molar-refractivity contribution in [3.63, 3.8) is 0 Å². The van der Waals surface area contributed by atoms with Crippen LogP contribution in [0.3, 0.4) is 0 Å². The van der Waals surface area contributed by atoms with Crippen molar-refractivity contribution in [3.05, 3.63) is 0 Å². The first kappa shape index (κ1) is 11.9. The molecule has 0 spiro atoms. The quantitative estimate of drug-likeness (QED) is 0.440. The number of unbranched alkanes of at least 4 members (excludes halogenated alkanes) is 1. The Balaban J connectivity index is 3.26. The summed E-state index contributed by atoms with van der Waals surface area (Å²) in [6.45, 7) is 6.33. The predicted molar refractivity (Wildman–Crippen MR) is 46.2 cm³/mol. The number of hydrogen-bond donors (Lipinski definition) is 0. The molecule has 3 nitrogen and oxygen atoms in total. The Morgan fingerprint density at radius 2 is 2.00 bits per heavy atom. The van der Waals surface area contributed by atoms with Crippen LogP contribution in [-0.2, 0) is 14.6 Å². The lowest BCUT2D eigenvalue weighted by Gasteiger charge is -2.15. The van der Waals surface area contributed by atoms with E-state index in [-0.39, 0.29) is 6.29 Å². The van der Waals surface area contributed by atoms with Gasteiger partial charge in [-0.1, -0.05) is 20.3 Å². The van der Waals surface area contributed by atoms with Crippen LogP contribution in [0.4, 0.5) is 0 Å². The zero-order chi connectivity index (χ0) is 9.40. The summed E-state index contributed by atoms with van der Waals surface area (Å²) in [6, 6.07) is 0. The van der Waals surface area contributed by atoms with Crippen LogP contribution in [0.1, 0.15) is 40.0 Å². The molecule has 0 N–H and O–H groups in total. The van der Waals surface area contributed by atoms with Crippen LogP contribution in [0.15, 0.2) is 0 Å². The van der Waals surface area contributed by atoms with E-state index in [9.17, 15) is 5.11 Å². The van der Waals surface area contributed by atoms with Gasteiger partial charge in [-0.2, -0.15) is 0 Å². The van der Waals surface area contributed by atoms with E-state index in [0.717, 1.165) is 12.8 Å². The van der Waals surface area contributed by atoms with Crippen LogP contribution in [0.2, 0.25) is 0 Å². The van der Waals surface area contributed by atoms with Gasteiger partial charge in [0.1, 0.15) is 0 Å². The minimum atomic E-state index is -0.943. The molecule has 0 aromatic carbocycles. The maximum Gasteiger partial charge on any atom is 0.194 e. The molecule has 0 aliphatic heterocycles. The molecule has 2 atom stereocenters. The summed E-state index contributed by atoms with van der Waals surface area (Å²) in [5.74, 6) is 0. The van der Waals surface area contributed by atoms with Gasteiger partial charge in [-0.25, -0.2) is 5.11 Å². The van der Waals surface area contributed by atoms with Crippen molar-refractivity contribution >= 4 is 0 Å². The van der Waals surface area contributed by atoms with E-state index in [1.54, 1.807) is 13.8 Å². The van der Waals surface area contributed by atoms with Crippen LogP contribution < -0.4 is 0 Å². The lowest BCUT2D eigenvalue weighted by Crippen LogP contribution is -2.20. The average Bonchev–Trinajstić information content (AvgIpc) is 2.05. The second-order valence-electron chi connectivity index (χ2n) is 2.77. The van der Waals surface area contributed by atoms with Crippen molar-refractivity contribution < 1.29 is 14.6 Å². The first-order valence-electron chi connectivity index (χ1n) is 4.63. The van der Waals surface area contributed by atoms with Crippen LogP contribution in [0, 0.1) is 0 Å². The van der Waals surface area contributed by atoms with Gasteiger partial charge in [-0.15, -0.1) is 0 Å². The van der Waals surface area contributed by atoms with Crippen molar-refractivity contribution in [3.8, 4) is 0 Å². The van der Waals surface area contributed by atoms with E-state index in [1.165, 1.54) is 0 Å². The Morgan fingerprint density at radius 3 is 2.50 bits per heavy atom. The summed E-state index contributed by atoms with van der Waals surface area (Å²) < 4.78 is 10.2. The normalized spacial score (nSPS) is 16.0. The standard InChI is InChI=1S/C9H19O3/c1-4-6-7-11-8(3)12-9(10)5-2/h8-9H,4-7H2,1-3H3. The molecule has 0 heterocycles. The Kier molecular flexibility index (Phi) is 7.45. The lowest BCUT2D eigenvalue weighted by molar-refractivity contribution is -0.240. The third-order valence-electron chi connectivity index (χ3n) is 1.53. The zero-order valence-electron chi connectivity index (χ0n) is 8.21. The molecule has 0 saturated heterocycles. The summed E-state index contributed by atoms with van der Waals surface area (Å²) in [5.41, 5.74) is 0. The highest BCUT2D eigenvalue weighted by molar-refractivity contribution is 4.38. The fourth-order valence-corrected chi connectivity index (χ4v) is 0.743.